The van der Waals surface area contributed by atoms with Crippen LogP contribution in [0.15, 0.2) is 35.9 Å². The number of thioether (sulfide) groups is 1. The normalized spacial score (nSPS) is 11.0. The summed E-state index contributed by atoms with van der Waals surface area (Å²) in [5.41, 5.74) is 2.36. The summed E-state index contributed by atoms with van der Waals surface area (Å²) >= 11 is 3.35. The molecule has 0 aliphatic carbocycles. The van der Waals surface area contributed by atoms with Gasteiger partial charge in [0.1, 0.15) is 16.2 Å². The van der Waals surface area contributed by atoms with Gasteiger partial charge in [-0.2, -0.15) is 0 Å². The average molecular weight is 273 g/mol. The Balaban J connectivity index is 2.22. The van der Waals surface area contributed by atoms with Crippen molar-refractivity contribution >= 4 is 33.3 Å². The van der Waals surface area contributed by atoms with E-state index in [2.05, 4.69) is 34.0 Å². The number of fused-ring (bicyclic) bond motifs is 1. The van der Waals surface area contributed by atoms with Gasteiger partial charge < -0.3 is 0 Å². The largest absolute Gasteiger partial charge is 0.249 e. The van der Waals surface area contributed by atoms with E-state index in [1.807, 2.05) is 18.6 Å². The van der Waals surface area contributed by atoms with Crippen LogP contribution in [0.4, 0.5) is 0 Å². The second kappa shape index (κ2) is 4.66. The Morgan fingerprint density at radius 3 is 2.83 bits per heavy atom. The van der Waals surface area contributed by atoms with Crippen LogP contribution in [-0.4, -0.2) is 21.2 Å². The Bertz CT molecular complexity index is 673. The number of aromatic nitrogens is 3. The highest BCUT2D eigenvalue weighted by molar-refractivity contribution is 7.98. The standard InChI is InChI=1S/C13H11N3S2/c1-8-3-10(13(17-2)15-5-8)11-4-9-6-14-7-16-12(9)18-11/h3-7H,1-2H3. The lowest BCUT2D eigenvalue weighted by molar-refractivity contribution is 1.12. The van der Waals surface area contributed by atoms with E-state index < -0.39 is 0 Å². The molecular weight excluding hydrogens is 262 g/mol. The molecule has 0 saturated heterocycles. The second-order valence-electron chi connectivity index (χ2n) is 3.96. The Morgan fingerprint density at radius 2 is 2.06 bits per heavy atom. The lowest BCUT2D eigenvalue weighted by atomic mass is 10.2. The molecule has 0 fully saturated rings. The van der Waals surface area contributed by atoms with Crippen molar-refractivity contribution in [1.29, 1.82) is 0 Å². The smallest absolute Gasteiger partial charge is 0.127 e. The van der Waals surface area contributed by atoms with E-state index in [1.54, 1.807) is 29.4 Å². The molecule has 0 aliphatic rings. The highest BCUT2D eigenvalue weighted by Gasteiger charge is 2.10. The minimum absolute atomic E-state index is 1.02. The van der Waals surface area contributed by atoms with Crippen LogP contribution in [0.3, 0.4) is 0 Å². The summed E-state index contributed by atoms with van der Waals surface area (Å²) in [6.07, 6.45) is 7.40. The Hall–Kier alpha value is -1.46. The molecule has 0 aliphatic heterocycles. The van der Waals surface area contributed by atoms with Crippen molar-refractivity contribution in [3.05, 3.63) is 36.4 Å². The molecule has 3 rings (SSSR count). The Kier molecular flexibility index (Phi) is 3.01. The van der Waals surface area contributed by atoms with Crippen molar-refractivity contribution in [2.24, 2.45) is 0 Å². The van der Waals surface area contributed by atoms with Gasteiger partial charge in [-0.15, -0.1) is 23.1 Å². The maximum absolute atomic E-state index is 4.48. The molecule has 18 heavy (non-hydrogen) atoms. The molecule has 0 N–H and O–H groups in total. The van der Waals surface area contributed by atoms with Crippen LogP contribution in [0.5, 0.6) is 0 Å². The zero-order valence-corrected chi connectivity index (χ0v) is 11.7. The fraction of sp³-hybridized carbons (Fsp3) is 0.154. The molecule has 3 nitrogen and oxygen atoms in total. The van der Waals surface area contributed by atoms with Gasteiger partial charge in [-0.3, -0.25) is 0 Å². The Morgan fingerprint density at radius 1 is 1.17 bits per heavy atom. The summed E-state index contributed by atoms with van der Waals surface area (Å²) in [7, 11) is 0. The van der Waals surface area contributed by atoms with Crippen LogP contribution in [-0.2, 0) is 0 Å². The highest BCUT2D eigenvalue weighted by atomic mass is 32.2. The number of thiophene rings is 1. The molecule has 90 valence electrons. The molecule has 3 aromatic rings. The molecule has 0 saturated carbocycles. The summed E-state index contributed by atoms with van der Waals surface area (Å²) in [6.45, 7) is 2.06. The predicted octanol–water partition coefficient (Wildman–Crippen LogP) is 3.78. The van der Waals surface area contributed by atoms with Gasteiger partial charge in [0.2, 0.25) is 0 Å². The van der Waals surface area contributed by atoms with Crippen molar-refractivity contribution in [3.8, 4) is 10.4 Å². The minimum Gasteiger partial charge on any atom is -0.249 e. The van der Waals surface area contributed by atoms with Crippen LogP contribution in [0.2, 0.25) is 0 Å². The van der Waals surface area contributed by atoms with Crippen LogP contribution < -0.4 is 0 Å². The summed E-state index contributed by atoms with van der Waals surface area (Å²) in [5, 5.41) is 2.14. The Labute approximate surface area is 113 Å². The van der Waals surface area contributed by atoms with Gasteiger partial charge in [-0.05, 0) is 30.9 Å². The SMILES string of the molecule is CSc1ncc(C)cc1-c1cc2cncnc2s1. The van der Waals surface area contributed by atoms with Gasteiger partial charge in [-0.1, -0.05) is 0 Å². The maximum atomic E-state index is 4.48. The van der Waals surface area contributed by atoms with Crippen molar-refractivity contribution in [3.63, 3.8) is 0 Å². The molecule has 0 atom stereocenters. The van der Waals surface area contributed by atoms with E-state index in [0.717, 1.165) is 15.2 Å². The summed E-state index contributed by atoms with van der Waals surface area (Å²) in [5.74, 6) is 0. The van der Waals surface area contributed by atoms with Crippen molar-refractivity contribution in [1.82, 2.24) is 15.0 Å². The van der Waals surface area contributed by atoms with Crippen LogP contribution in [0.1, 0.15) is 5.56 Å². The van der Waals surface area contributed by atoms with Crippen LogP contribution >= 0.6 is 23.1 Å². The molecule has 0 radical (unpaired) electrons. The number of hydrogen-bond donors (Lipinski definition) is 0. The molecule has 0 amide bonds. The summed E-state index contributed by atoms with van der Waals surface area (Å²) in [6, 6.07) is 4.31. The second-order valence-corrected chi connectivity index (χ2v) is 5.79. The first-order valence-corrected chi connectivity index (χ1v) is 7.52. The zero-order valence-electron chi connectivity index (χ0n) is 10.0. The molecule has 0 spiro atoms. The van der Waals surface area contributed by atoms with Crippen molar-refractivity contribution in [2.45, 2.75) is 11.9 Å². The van der Waals surface area contributed by atoms with Crippen molar-refractivity contribution < 1.29 is 0 Å². The fourth-order valence-electron chi connectivity index (χ4n) is 1.82. The van der Waals surface area contributed by atoms with E-state index >= 15 is 0 Å². The van der Waals surface area contributed by atoms with E-state index in [0.29, 0.717) is 0 Å². The first-order valence-electron chi connectivity index (χ1n) is 5.48. The molecule has 5 heteroatoms. The van der Waals surface area contributed by atoms with E-state index in [9.17, 15) is 0 Å². The van der Waals surface area contributed by atoms with Gasteiger partial charge in [0.05, 0.1) is 0 Å². The molecular formula is C13H11N3S2. The van der Waals surface area contributed by atoms with Gasteiger partial charge >= 0.3 is 0 Å². The van der Waals surface area contributed by atoms with E-state index in [4.69, 9.17) is 0 Å². The number of pyridine rings is 1. The highest BCUT2D eigenvalue weighted by Crippen LogP contribution is 2.36. The minimum atomic E-state index is 1.02. The molecule has 0 unspecified atom stereocenters. The predicted molar refractivity (Wildman–Crippen MR) is 77.2 cm³/mol. The topological polar surface area (TPSA) is 38.7 Å². The number of nitrogens with zero attached hydrogens (tertiary/aromatic N) is 3. The number of rotatable bonds is 2. The van der Waals surface area contributed by atoms with Crippen LogP contribution in [0.25, 0.3) is 20.7 Å². The van der Waals surface area contributed by atoms with Gasteiger partial charge in [-0.25, -0.2) is 15.0 Å². The maximum Gasteiger partial charge on any atom is 0.127 e. The van der Waals surface area contributed by atoms with Crippen molar-refractivity contribution in [2.75, 3.05) is 6.26 Å². The third-order valence-electron chi connectivity index (χ3n) is 2.64. The first-order chi connectivity index (χ1) is 8.78. The molecule has 3 heterocycles. The summed E-state index contributed by atoms with van der Waals surface area (Å²) < 4.78 is 0. The molecule has 3 aromatic heterocycles. The fourth-order valence-corrected chi connectivity index (χ4v) is 3.42. The zero-order chi connectivity index (χ0) is 12.5. The quantitative estimate of drug-likeness (QED) is 0.666. The number of aryl methyl sites for hydroxylation is 1. The monoisotopic (exact) mass is 273 g/mol. The van der Waals surface area contributed by atoms with Gasteiger partial charge in [0.25, 0.3) is 0 Å². The average Bonchev–Trinajstić information content (AvgIpc) is 2.82. The van der Waals surface area contributed by atoms with Crippen LogP contribution in [0, 0.1) is 6.92 Å². The number of hydrogen-bond acceptors (Lipinski definition) is 5. The lowest BCUT2D eigenvalue weighted by Crippen LogP contribution is -1.85. The first kappa shape index (κ1) is 11.6. The van der Waals surface area contributed by atoms with Gasteiger partial charge in [0, 0.05) is 28.2 Å². The third kappa shape index (κ3) is 2.00. The van der Waals surface area contributed by atoms with Gasteiger partial charge in [0.15, 0.2) is 0 Å². The third-order valence-corrected chi connectivity index (χ3v) is 4.45. The molecule has 0 bridgehead atoms. The van der Waals surface area contributed by atoms with E-state index in [1.165, 1.54) is 16.0 Å². The van der Waals surface area contributed by atoms with E-state index in [-0.39, 0.29) is 0 Å². The lowest BCUT2D eigenvalue weighted by Gasteiger charge is -2.04. The molecule has 0 aromatic carbocycles. The summed E-state index contributed by atoms with van der Waals surface area (Å²) in [4.78, 5) is 15.0.